The van der Waals surface area contributed by atoms with Crippen molar-refractivity contribution in [3.05, 3.63) is 89.0 Å². The number of fused-ring (bicyclic) bond motifs is 1. The van der Waals surface area contributed by atoms with Gasteiger partial charge in [-0.3, -0.25) is 14.5 Å². The van der Waals surface area contributed by atoms with Gasteiger partial charge in [0.2, 0.25) is 11.8 Å². The van der Waals surface area contributed by atoms with Crippen molar-refractivity contribution in [2.24, 2.45) is 0 Å². The molecule has 2 heterocycles. The summed E-state index contributed by atoms with van der Waals surface area (Å²) in [6.07, 6.45) is 1.89. The third-order valence-electron chi connectivity index (χ3n) is 7.26. The minimum absolute atomic E-state index is 0.0104. The molecule has 5 rings (SSSR count). The summed E-state index contributed by atoms with van der Waals surface area (Å²) >= 11 is 0. The summed E-state index contributed by atoms with van der Waals surface area (Å²) in [7, 11) is 0. The molecule has 0 unspecified atom stereocenters. The predicted octanol–water partition coefficient (Wildman–Crippen LogP) is 4.43. The third-order valence-corrected chi connectivity index (χ3v) is 7.26. The van der Waals surface area contributed by atoms with E-state index in [9.17, 15) is 9.59 Å². The number of para-hydroxylation sites is 1. The molecule has 1 aromatic heterocycles. The molecule has 1 saturated heterocycles. The molecule has 0 radical (unpaired) electrons. The van der Waals surface area contributed by atoms with Gasteiger partial charge in [0.05, 0.1) is 11.6 Å². The topological polar surface area (TPSA) is 89.4 Å². The van der Waals surface area contributed by atoms with Crippen LogP contribution in [0.1, 0.15) is 41.1 Å². The molecule has 38 heavy (non-hydrogen) atoms. The van der Waals surface area contributed by atoms with E-state index in [0.29, 0.717) is 24.4 Å². The molecule has 0 aliphatic carbocycles. The van der Waals surface area contributed by atoms with E-state index in [4.69, 9.17) is 4.74 Å². The van der Waals surface area contributed by atoms with Crippen molar-refractivity contribution in [3.8, 4) is 0 Å². The molecule has 0 saturated carbocycles. The zero-order valence-electron chi connectivity index (χ0n) is 22.1. The number of anilines is 1. The highest BCUT2D eigenvalue weighted by Crippen LogP contribution is 2.32. The van der Waals surface area contributed by atoms with Crippen LogP contribution < -0.4 is 10.2 Å². The SMILES string of the molecule is Cc1ccc(N(C(=O)Cn2nnc3ccccc32)[C@H](C(=O)NC[C@@H]2CCCO2)c2ccccc2C)cc1C. The van der Waals surface area contributed by atoms with Crippen LogP contribution in [-0.2, 0) is 20.9 Å². The molecule has 2 atom stereocenters. The van der Waals surface area contributed by atoms with Crippen molar-refractivity contribution in [1.82, 2.24) is 20.3 Å². The van der Waals surface area contributed by atoms with Gasteiger partial charge in [0.15, 0.2) is 0 Å². The smallest absolute Gasteiger partial charge is 0.249 e. The second-order valence-corrected chi connectivity index (χ2v) is 9.91. The van der Waals surface area contributed by atoms with Gasteiger partial charge >= 0.3 is 0 Å². The quantitative estimate of drug-likeness (QED) is 0.378. The van der Waals surface area contributed by atoms with Gasteiger partial charge in [0.1, 0.15) is 18.1 Å². The second kappa shape index (κ2) is 11.1. The van der Waals surface area contributed by atoms with Crippen molar-refractivity contribution in [1.29, 1.82) is 0 Å². The number of aryl methyl sites for hydroxylation is 3. The maximum atomic E-state index is 14.2. The summed E-state index contributed by atoms with van der Waals surface area (Å²) in [5.41, 5.74) is 5.97. The number of ether oxygens (including phenoxy) is 1. The molecule has 0 bridgehead atoms. The lowest BCUT2D eigenvalue weighted by Crippen LogP contribution is -2.47. The Labute approximate surface area is 222 Å². The van der Waals surface area contributed by atoms with E-state index in [0.717, 1.165) is 40.6 Å². The van der Waals surface area contributed by atoms with Gasteiger partial charge in [-0.15, -0.1) is 5.10 Å². The first-order chi connectivity index (χ1) is 18.4. The molecule has 1 aliphatic rings. The highest BCUT2D eigenvalue weighted by Gasteiger charge is 2.34. The lowest BCUT2D eigenvalue weighted by Gasteiger charge is -2.33. The van der Waals surface area contributed by atoms with E-state index in [2.05, 4.69) is 15.6 Å². The molecule has 4 aromatic rings. The highest BCUT2D eigenvalue weighted by molar-refractivity contribution is 6.01. The largest absolute Gasteiger partial charge is 0.376 e. The van der Waals surface area contributed by atoms with E-state index in [-0.39, 0.29) is 24.5 Å². The Morgan fingerprint density at radius 2 is 1.82 bits per heavy atom. The number of carbonyl (C=O) groups is 2. The Morgan fingerprint density at radius 3 is 2.58 bits per heavy atom. The van der Waals surface area contributed by atoms with E-state index in [1.165, 1.54) is 0 Å². The minimum atomic E-state index is -0.873. The van der Waals surface area contributed by atoms with Crippen LogP contribution in [0.25, 0.3) is 11.0 Å². The number of hydrogen-bond donors (Lipinski definition) is 1. The van der Waals surface area contributed by atoms with Crippen LogP contribution in [0.3, 0.4) is 0 Å². The molecule has 1 aliphatic heterocycles. The Bertz CT molecular complexity index is 1460. The predicted molar refractivity (Wildman–Crippen MR) is 147 cm³/mol. The number of benzene rings is 3. The average molecular weight is 512 g/mol. The molecule has 8 nitrogen and oxygen atoms in total. The summed E-state index contributed by atoms with van der Waals surface area (Å²) in [6.45, 7) is 7.05. The molecule has 0 spiro atoms. The van der Waals surface area contributed by atoms with Crippen molar-refractivity contribution < 1.29 is 14.3 Å². The summed E-state index contributed by atoms with van der Waals surface area (Å²) in [4.78, 5) is 29.7. The molecule has 196 valence electrons. The van der Waals surface area contributed by atoms with Crippen molar-refractivity contribution in [2.45, 2.75) is 52.3 Å². The fourth-order valence-corrected chi connectivity index (χ4v) is 4.96. The van der Waals surface area contributed by atoms with Gasteiger partial charge < -0.3 is 10.1 Å². The lowest BCUT2D eigenvalue weighted by molar-refractivity contribution is -0.127. The summed E-state index contributed by atoms with van der Waals surface area (Å²) in [6, 6.07) is 20.2. The maximum absolute atomic E-state index is 14.2. The van der Waals surface area contributed by atoms with Gasteiger partial charge in [0, 0.05) is 18.8 Å². The number of amides is 2. The van der Waals surface area contributed by atoms with Crippen molar-refractivity contribution >= 4 is 28.5 Å². The third kappa shape index (κ3) is 5.31. The molecular formula is C30H33N5O3. The van der Waals surface area contributed by atoms with Crippen LogP contribution in [0.2, 0.25) is 0 Å². The van der Waals surface area contributed by atoms with E-state index < -0.39 is 6.04 Å². The van der Waals surface area contributed by atoms with Crippen LogP contribution in [0.15, 0.2) is 66.7 Å². The Hall–Kier alpha value is -4.04. The average Bonchev–Trinajstić information content (AvgIpc) is 3.58. The molecule has 1 N–H and O–H groups in total. The minimum Gasteiger partial charge on any atom is -0.376 e. The first-order valence-electron chi connectivity index (χ1n) is 13.0. The molecule has 8 heteroatoms. The zero-order valence-corrected chi connectivity index (χ0v) is 22.1. The number of nitrogens with one attached hydrogen (secondary N) is 1. The molecule has 3 aromatic carbocycles. The Balaban J connectivity index is 1.57. The van der Waals surface area contributed by atoms with Crippen LogP contribution in [0.5, 0.6) is 0 Å². The first kappa shape index (κ1) is 25.6. The standard InChI is InChI=1S/C30H33N5O3/c1-20-14-15-23(17-22(20)3)35(28(36)19-34-27-13-7-6-12-26(27)32-33-34)29(25-11-5-4-9-21(25)2)30(37)31-18-24-10-8-16-38-24/h4-7,9,11-15,17,24,29H,8,10,16,18-19H2,1-3H3,(H,31,37)/t24-,29-/m0/s1. The number of carbonyl (C=O) groups excluding carboxylic acids is 2. The monoisotopic (exact) mass is 511 g/mol. The second-order valence-electron chi connectivity index (χ2n) is 9.91. The maximum Gasteiger partial charge on any atom is 0.249 e. The van der Waals surface area contributed by atoms with Crippen LogP contribution in [0, 0.1) is 20.8 Å². The van der Waals surface area contributed by atoms with E-state index >= 15 is 0 Å². The first-order valence-corrected chi connectivity index (χ1v) is 13.0. The van der Waals surface area contributed by atoms with Gasteiger partial charge in [-0.2, -0.15) is 0 Å². The van der Waals surface area contributed by atoms with E-state index in [1.807, 2.05) is 87.5 Å². The summed E-state index contributed by atoms with van der Waals surface area (Å²) in [5, 5.41) is 11.5. The lowest BCUT2D eigenvalue weighted by atomic mass is 9.97. The highest BCUT2D eigenvalue weighted by atomic mass is 16.5. The fourth-order valence-electron chi connectivity index (χ4n) is 4.96. The molecule has 2 amide bonds. The zero-order chi connectivity index (χ0) is 26.6. The number of hydrogen-bond acceptors (Lipinski definition) is 5. The normalized spacial score (nSPS) is 15.9. The Morgan fingerprint density at radius 1 is 1.03 bits per heavy atom. The van der Waals surface area contributed by atoms with Gasteiger partial charge in [-0.1, -0.05) is 47.7 Å². The van der Waals surface area contributed by atoms with E-state index in [1.54, 1.807) is 9.58 Å². The van der Waals surface area contributed by atoms with Crippen molar-refractivity contribution in [2.75, 3.05) is 18.1 Å². The molecular weight excluding hydrogens is 478 g/mol. The fraction of sp³-hybridized carbons (Fsp3) is 0.333. The van der Waals surface area contributed by atoms with Crippen LogP contribution in [-0.4, -0.2) is 46.1 Å². The number of aromatic nitrogens is 3. The number of nitrogens with zero attached hydrogens (tertiary/aromatic N) is 4. The summed E-state index contributed by atoms with van der Waals surface area (Å²) in [5.74, 6) is -0.505. The van der Waals surface area contributed by atoms with Gasteiger partial charge in [-0.05, 0) is 80.1 Å². The van der Waals surface area contributed by atoms with Crippen molar-refractivity contribution in [3.63, 3.8) is 0 Å². The summed E-state index contributed by atoms with van der Waals surface area (Å²) < 4.78 is 7.32. The van der Waals surface area contributed by atoms with Gasteiger partial charge in [0.25, 0.3) is 0 Å². The number of rotatable bonds is 8. The Kier molecular flexibility index (Phi) is 7.51. The van der Waals surface area contributed by atoms with Crippen LogP contribution >= 0.6 is 0 Å². The van der Waals surface area contributed by atoms with Crippen LogP contribution in [0.4, 0.5) is 5.69 Å². The molecule has 1 fully saturated rings. The van der Waals surface area contributed by atoms with Gasteiger partial charge in [-0.25, -0.2) is 4.68 Å².